The van der Waals surface area contributed by atoms with E-state index in [1.807, 2.05) is 0 Å². The van der Waals surface area contributed by atoms with Crippen LogP contribution in [-0.2, 0) is 0 Å². The number of benzene rings is 3. The first kappa shape index (κ1) is 9.34. The lowest BCUT2D eigenvalue weighted by Crippen LogP contribution is -1.79. The molecule has 0 unspecified atom stereocenters. The molecule has 2 bridgehead atoms. The second-order valence-electron chi connectivity index (χ2n) is 4.99. The number of fused-ring (bicyclic) bond motifs is 3. The topological polar surface area (TPSA) is 28.7 Å². The van der Waals surface area contributed by atoms with Crippen molar-refractivity contribution in [1.29, 1.82) is 0 Å². The molecule has 5 rings (SSSR count). The minimum atomic E-state index is 0.970. The molecule has 2 nitrogen and oxygen atoms in total. The van der Waals surface area contributed by atoms with E-state index in [-0.39, 0.29) is 0 Å². The highest BCUT2D eigenvalue weighted by Gasteiger charge is 2.11. The van der Waals surface area contributed by atoms with Crippen LogP contribution in [0.25, 0.3) is 43.6 Å². The molecule has 2 heteroatoms. The first-order valence-electron chi connectivity index (χ1n) is 6.43. The van der Waals surface area contributed by atoms with Gasteiger partial charge in [-0.3, -0.25) is 0 Å². The Hall–Kier alpha value is -2.61. The standard InChI is InChI=1S/C17H10N2/c1-4-10-5-2-8-13-15(10)11(6-1)12-7-3-9-14-16(12)19-17(13)18-14/h1-9H,(H,18,19). The van der Waals surface area contributed by atoms with Crippen molar-refractivity contribution in [3.05, 3.63) is 54.6 Å². The molecule has 0 amide bonds. The first-order chi connectivity index (χ1) is 9.42. The van der Waals surface area contributed by atoms with Crippen LogP contribution in [-0.4, -0.2) is 9.97 Å². The van der Waals surface area contributed by atoms with Gasteiger partial charge in [0.15, 0.2) is 0 Å². The Morgan fingerprint density at radius 3 is 2.37 bits per heavy atom. The largest absolute Gasteiger partial charge is 0.337 e. The number of hydrogen-bond acceptors (Lipinski definition) is 1. The number of hydrogen-bond donors (Lipinski definition) is 1. The van der Waals surface area contributed by atoms with Gasteiger partial charge in [0.2, 0.25) is 0 Å². The van der Waals surface area contributed by atoms with Crippen LogP contribution in [0.3, 0.4) is 0 Å². The van der Waals surface area contributed by atoms with E-state index in [9.17, 15) is 0 Å². The molecule has 0 saturated carbocycles. The summed E-state index contributed by atoms with van der Waals surface area (Å²) in [4.78, 5) is 8.18. The Labute approximate surface area is 109 Å². The summed E-state index contributed by atoms with van der Waals surface area (Å²) in [7, 11) is 0. The number of imidazole rings is 1. The quantitative estimate of drug-likeness (QED) is 0.426. The maximum Gasteiger partial charge on any atom is 0.139 e. The normalized spacial score (nSPS) is 12.2. The predicted octanol–water partition coefficient (Wildman–Crippen LogP) is 4.46. The van der Waals surface area contributed by atoms with Crippen molar-refractivity contribution in [3.8, 4) is 0 Å². The Kier molecular flexibility index (Phi) is 1.49. The van der Waals surface area contributed by atoms with E-state index < -0.39 is 0 Å². The zero-order valence-corrected chi connectivity index (χ0v) is 10.1. The molecule has 0 spiro atoms. The summed E-state index contributed by atoms with van der Waals surface area (Å²) in [6.45, 7) is 0. The van der Waals surface area contributed by atoms with E-state index in [1.165, 1.54) is 26.9 Å². The van der Waals surface area contributed by atoms with Crippen molar-refractivity contribution >= 4 is 43.6 Å². The molecule has 2 aromatic heterocycles. The van der Waals surface area contributed by atoms with E-state index in [2.05, 4.69) is 59.6 Å². The molecule has 3 aromatic carbocycles. The van der Waals surface area contributed by atoms with E-state index >= 15 is 0 Å². The van der Waals surface area contributed by atoms with Gasteiger partial charge in [-0.2, -0.15) is 0 Å². The fourth-order valence-electron chi connectivity index (χ4n) is 3.15. The van der Waals surface area contributed by atoms with Gasteiger partial charge in [-0.25, -0.2) is 4.98 Å². The van der Waals surface area contributed by atoms with Gasteiger partial charge in [-0.15, -0.1) is 0 Å². The average molecular weight is 242 g/mol. The maximum atomic E-state index is 4.71. The van der Waals surface area contributed by atoms with Crippen molar-refractivity contribution in [3.63, 3.8) is 0 Å². The van der Waals surface area contributed by atoms with Crippen molar-refractivity contribution in [2.75, 3.05) is 0 Å². The molecule has 0 atom stereocenters. The van der Waals surface area contributed by atoms with Crippen LogP contribution in [0.15, 0.2) is 54.6 Å². The highest BCUT2D eigenvalue weighted by Crippen LogP contribution is 2.34. The Balaban J connectivity index is 2.35. The molecule has 0 aliphatic rings. The fourth-order valence-corrected chi connectivity index (χ4v) is 3.15. The number of aromatic nitrogens is 2. The molecule has 0 fully saturated rings. The van der Waals surface area contributed by atoms with Crippen LogP contribution in [0.4, 0.5) is 0 Å². The van der Waals surface area contributed by atoms with Gasteiger partial charge in [0.05, 0.1) is 11.0 Å². The van der Waals surface area contributed by atoms with Crippen molar-refractivity contribution in [1.82, 2.24) is 9.97 Å². The number of nitrogens with one attached hydrogen (secondary N) is 1. The molecule has 19 heavy (non-hydrogen) atoms. The smallest absolute Gasteiger partial charge is 0.139 e. The minimum Gasteiger partial charge on any atom is -0.337 e. The maximum absolute atomic E-state index is 4.71. The third-order valence-corrected chi connectivity index (χ3v) is 3.97. The monoisotopic (exact) mass is 242 g/mol. The lowest BCUT2D eigenvalue weighted by atomic mass is 10.0. The van der Waals surface area contributed by atoms with Crippen LogP contribution >= 0.6 is 0 Å². The highest BCUT2D eigenvalue weighted by atomic mass is 14.9. The summed E-state index contributed by atoms with van der Waals surface area (Å²) in [5.74, 6) is 0. The Bertz CT molecular complexity index is 1050. The van der Waals surface area contributed by atoms with Crippen LogP contribution in [0.2, 0.25) is 0 Å². The third kappa shape index (κ3) is 1.04. The average Bonchev–Trinajstić information content (AvgIpc) is 2.84. The van der Waals surface area contributed by atoms with Gasteiger partial charge in [0, 0.05) is 16.2 Å². The van der Waals surface area contributed by atoms with Crippen molar-refractivity contribution < 1.29 is 0 Å². The van der Waals surface area contributed by atoms with Crippen LogP contribution < -0.4 is 0 Å². The summed E-state index contributed by atoms with van der Waals surface area (Å²) in [5.41, 5.74) is 3.15. The third-order valence-electron chi connectivity index (χ3n) is 3.97. The van der Waals surface area contributed by atoms with E-state index in [0.717, 1.165) is 16.7 Å². The molecule has 0 aliphatic heterocycles. The summed E-state index contributed by atoms with van der Waals surface area (Å²) in [6, 6.07) is 19.2. The summed E-state index contributed by atoms with van der Waals surface area (Å²) < 4.78 is 0. The van der Waals surface area contributed by atoms with Gasteiger partial charge >= 0.3 is 0 Å². The molecular weight excluding hydrogens is 232 g/mol. The van der Waals surface area contributed by atoms with E-state index in [1.54, 1.807) is 0 Å². The second-order valence-corrected chi connectivity index (χ2v) is 4.99. The summed E-state index contributed by atoms with van der Waals surface area (Å²) in [5, 5.41) is 6.30. The zero-order chi connectivity index (χ0) is 12.4. The number of aromatic amines is 1. The van der Waals surface area contributed by atoms with Crippen LogP contribution in [0.5, 0.6) is 0 Å². The lowest BCUT2D eigenvalue weighted by Gasteiger charge is -2.03. The van der Waals surface area contributed by atoms with Gasteiger partial charge in [0.1, 0.15) is 5.65 Å². The molecule has 5 aromatic rings. The molecular formula is C17H10N2. The van der Waals surface area contributed by atoms with Gasteiger partial charge in [-0.05, 0) is 16.8 Å². The minimum absolute atomic E-state index is 0.970. The van der Waals surface area contributed by atoms with E-state index in [0.29, 0.717) is 0 Å². The zero-order valence-electron chi connectivity index (χ0n) is 10.1. The molecule has 88 valence electrons. The first-order valence-corrected chi connectivity index (χ1v) is 6.43. The Morgan fingerprint density at radius 1 is 0.737 bits per heavy atom. The molecule has 0 radical (unpaired) electrons. The number of H-pyrrole nitrogens is 1. The lowest BCUT2D eigenvalue weighted by molar-refractivity contribution is 1.48. The number of rotatable bonds is 0. The summed E-state index contributed by atoms with van der Waals surface area (Å²) in [6.07, 6.45) is 0. The Morgan fingerprint density at radius 2 is 1.47 bits per heavy atom. The van der Waals surface area contributed by atoms with Crippen molar-refractivity contribution in [2.24, 2.45) is 0 Å². The van der Waals surface area contributed by atoms with Crippen molar-refractivity contribution in [2.45, 2.75) is 0 Å². The predicted molar refractivity (Wildman–Crippen MR) is 79.8 cm³/mol. The SMILES string of the molecule is c1cc2nc3[nH]c2c(c1)c1cccc2cccc3c21. The highest BCUT2D eigenvalue weighted by molar-refractivity contribution is 6.23. The fraction of sp³-hybridized carbons (Fsp3) is 0. The number of nitrogens with zero attached hydrogens (tertiary/aromatic N) is 1. The number of para-hydroxylation sites is 1. The second kappa shape index (κ2) is 3.04. The van der Waals surface area contributed by atoms with Crippen LogP contribution in [0.1, 0.15) is 0 Å². The molecule has 0 saturated heterocycles. The van der Waals surface area contributed by atoms with Gasteiger partial charge < -0.3 is 4.98 Å². The molecule has 0 aliphatic carbocycles. The van der Waals surface area contributed by atoms with E-state index in [4.69, 9.17) is 4.98 Å². The molecule has 1 N–H and O–H groups in total. The van der Waals surface area contributed by atoms with Gasteiger partial charge in [-0.1, -0.05) is 48.5 Å². The van der Waals surface area contributed by atoms with Crippen LogP contribution in [0, 0.1) is 0 Å². The van der Waals surface area contributed by atoms with Gasteiger partial charge in [0.25, 0.3) is 0 Å². The molecule has 2 heterocycles. The summed E-state index contributed by atoms with van der Waals surface area (Å²) >= 11 is 0.